The van der Waals surface area contributed by atoms with Crippen molar-refractivity contribution in [3.63, 3.8) is 0 Å². The molecular formula is C40H35BN2O6. The van der Waals surface area contributed by atoms with Crippen LogP contribution in [0.1, 0.15) is 60.9 Å². The van der Waals surface area contributed by atoms with Crippen LogP contribution in [0, 0.1) is 0 Å². The normalized spacial score (nSPS) is 19.1. The Morgan fingerprint density at radius 1 is 0.592 bits per heavy atom. The van der Waals surface area contributed by atoms with Crippen LogP contribution in [0.3, 0.4) is 0 Å². The molecule has 8 nitrogen and oxygen atoms in total. The Bertz CT molecular complexity index is 2720. The smallest absolute Gasteiger partial charge is 0.422 e. The molecule has 1 aliphatic rings. The highest BCUT2D eigenvalue weighted by molar-refractivity contribution is 6.62. The second-order valence-corrected chi connectivity index (χ2v) is 12.9. The highest BCUT2D eigenvalue weighted by atomic mass is 16.7. The minimum Gasteiger partial charge on any atom is -0.422 e. The minimum absolute atomic E-state index is 0.0620. The van der Waals surface area contributed by atoms with Crippen LogP contribution in [-0.4, -0.2) is 28.3 Å². The topological polar surface area (TPSA) is 105 Å². The highest BCUT2D eigenvalue weighted by Crippen LogP contribution is 2.36. The van der Waals surface area contributed by atoms with Crippen molar-refractivity contribution >= 4 is 56.3 Å². The summed E-state index contributed by atoms with van der Waals surface area (Å²) in [6, 6.07) is 19.5. The third kappa shape index (κ3) is 5.73. The Morgan fingerprint density at radius 2 is 1.02 bits per heavy atom. The first-order valence-corrected chi connectivity index (χ1v) is 15.7. The molecule has 4 aromatic heterocycles. The molecule has 0 N–H and O–H groups in total. The van der Waals surface area contributed by atoms with Gasteiger partial charge in [0, 0.05) is 34.1 Å². The molecule has 1 fully saturated rings. The first-order valence-electron chi connectivity index (χ1n) is 19.7. The number of benzene rings is 3. The molecule has 7 aromatic rings. The van der Waals surface area contributed by atoms with E-state index in [1.807, 2.05) is 0 Å². The number of pyridine rings is 2. The van der Waals surface area contributed by atoms with Gasteiger partial charge in [-0.3, -0.25) is 9.97 Å². The number of aryl methyl sites for hydroxylation is 4. The summed E-state index contributed by atoms with van der Waals surface area (Å²) in [6.07, 6.45) is -9.47. The minimum atomic E-state index is -2.97. The van der Waals surface area contributed by atoms with E-state index in [9.17, 15) is 20.6 Å². The van der Waals surface area contributed by atoms with Crippen molar-refractivity contribution in [1.29, 1.82) is 0 Å². The fraction of sp³-hybridized carbons (Fsp3) is 0.250. The van der Waals surface area contributed by atoms with Crippen molar-refractivity contribution < 1.29 is 29.1 Å². The number of hydrogen-bond acceptors (Lipinski definition) is 8. The van der Waals surface area contributed by atoms with E-state index in [0.717, 1.165) is 18.5 Å². The van der Waals surface area contributed by atoms with Crippen molar-refractivity contribution in [3.05, 3.63) is 134 Å². The lowest BCUT2D eigenvalue weighted by molar-refractivity contribution is 0.00578. The highest BCUT2D eigenvalue weighted by Gasteiger charge is 2.51. The average molecular weight is 659 g/mol. The Morgan fingerprint density at radius 3 is 1.49 bits per heavy atom. The summed E-state index contributed by atoms with van der Waals surface area (Å²) < 4.78 is 97.5. The predicted molar refractivity (Wildman–Crippen MR) is 193 cm³/mol. The summed E-state index contributed by atoms with van der Waals surface area (Å²) in [5, 5.41) is 0.893. The van der Waals surface area contributed by atoms with Gasteiger partial charge in [-0.1, -0.05) is 42.5 Å². The molecule has 0 spiro atoms. The third-order valence-electron chi connectivity index (χ3n) is 9.09. The van der Waals surface area contributed by atoms with Gasteiger partial charge in [-0.15, -0.1) is 0 Å². The molecule has 9 heteroatoms. The summed E-state index contributed by atoms with van der Waals surface area (Å²) in [5.41, 5.74) is -3.49. The van der Waals surface area contributed by atoms with Gasteiger partial charge < -0.3 is 18.1 Å². The molecule has 1 aliphatic heterocycles. The van der Waals surface area contributed by atoms with Crippen molar-refractivity contribution in [2.45, 2.75) is 64.4 Å². The first-order chi connectivity index (χ1) is 26.6. The predicted octanol–water partition coefficient (Wildman–Crippen LogP) is 6.87. The van der Waals surface area contributed by atoms with E-state index < -0.39 is 55.1 Å². The van der Waals surface area contributed by atoms with E-state index in [1.165, 1.54) is 24.3 Å². The Kier molecular flexibility index (Phi) is 5.60. The Labute approximate surface area is 294 Å². The number of hydrogen-bond donors (Lipinski definition) is 0. The second-order valence-electron chi connectivity index (χ2n) is 12.9. The summed E-state index contributed by atoms with van der Waals surface area (Å²) >= 11 is 0. The zero-order valence-electron chi connectivity index (χ0n) is 35.1. The Hall–Kier alpha value is -5.12. The standard InChI is InChI=1S/C40H35BN2O6/c1-39(2)40(3,4)49-41(48-39)28-18-24(13-15-26-20-31-35(42-22-26)29-9-5-7-11-33(29)46-37(31)44)17-25(19-28)14-16-27-21-32-36(43-23-27)30-10-6-8-12-34(30)47-38(32)45/h5-12,17-23H,13-16H2,1-4H3/i13D2,14D2,15D2,16D2. The van der Waals surface area contributed by atoms with Crippen LogP contribution in [0.2, 0.25) is 0 Å². The molecule has 0 bridgehead atoms. The van der Waals surface area contributed by atoms with Crippen LogP contribution in [0.15, 0.2) is 110 Å². The van der Waals surface area contributed by atoms with Crippen LogP contribution in [0.25, 0.3) is 43.7 Å². The molecule has 244 valence electrons. The molecule has 0 unspecified atom stereocenters. The van der Waals surface area contributed by atoms with Crippen molar-refractivity contribution in [3.8, 4) is 0 Å². The lowest BCUT2D eigenvalue weighted by atomic mass is 9.76. The molecule has 0 atom stereocenters. The van der Waals surface area contributed by atoms with Crippen molar-refractivity contribution in [1.82, 2.24) is 9.97 Å². The molecule has 49 heavy (non-hydrogen) atoms. The molecule has 0 amide bonds. The number of aromatic nitrogens is 2. The monoisotopic (exact) mass is 658 g/mol. The molecule has 0 radical (unpaired) electrons. The second kappa shape index (κ2) is 11.8. The molecule has 8 rings (SSSR count). The van der Waals surface area contributed by atoms with Crippen molar-refractivity contribution in [2.24, 2.45) is 0 Å². The number of para-hydroxylation sites is 2. The van der Waals surface area contributed by atoms with Crippen LogP contribution >= 0.6 is 0 Å². The zero-order valence-corrected chi connectivity index (χ0v) is 27.1. The lowest BCUT2D eigenvalue weighted by Gasteiger charge is -2.32. The molecule has 3 aromatic carbocycles. The van der Waals surface area contributed by atoms with E-state index in [2.05, 4.69) is 9.97 Å². The maximum absolute atomic E-state index is 13.0. The quantitative estimate of drug-likeness (QED) is 0.104. The fourth-order valence-corrected chi connectivity index (χ4v) is 5.82. The van der Waals surface area contributed by atoms with Gasteiger partial charge in [0.25, 0.3) is 0 Å². The van der Waals surface area contributed by atoms with Gasteiger partial charge in [-0.05, 0) is 117 Å². The van der Waals surface area contributed by atoms with Gasteiger partial charge in [-0.25, -0.2) is 9.59 Å². The van der Waals surface area contributed by atoms with Crippen LogP contribution in [-0.2, 0) is 34.8 Å². The summed E-state index contributed by atoms with van der Waals surface area (Å²) in [6.45, 7) is 7.19. The van der Waals surface area contributed by atoms with E-state index in [4.69, 9.17) is 18.1 Å². The van der Waals surface area contributed by atoms with Crippen LogP contribution in [0.5, 0.6) is 0 Å². The molecular weight excluding hydrogens is 615 g/mol. The van der Waals surface area contributed by atoms with Crippen LogP contribution < -0.4 is 16.7 Å². The van der Waals surface area contributed by atoms with Gasteiger partial charge in [0.1, 0.15) is 11.2 Å². The average Bonchev–Trinajstić information content (AvgIpc) is 3.39. The van der Waals surface area contributed by atoms with Gasteiger partial charge in [0.2, 0.25) is 0 Å². The maximum atomic E-state index is 13.0. The Balaban J connectivity index is 1.27. The van der Waals surface area contributed by atoms with E-state index in [0.29, 0.717) is 10.8 Å². The SMILES string of the molecule is [2H]C([2H])(c1cc(B2OC(C)(C)C(C)(C)O2)cc(C([2H])([2H])C([2H])([2H])c2cnc3c(c2)c(=O)oc2ccccc23)c1)C([2H])([2H])c1cnc2c(c1)c(=O)oc1ccccc12. The molecule has 1 saturated heterocycles. The van der Waals surface area contributed by atoms with Gasteiger partial charge in [0.05, 0.1) is 33.0 Å². The lowest BCUT2D eigenvalue weighted by Crippen LogP contribution is -2.41. The van der Waals surface area contributed by atoms with Crippen molar-refractivity contribution in [2.75, 3.05) is 0 Å². The van der Waals surface area contributed by atoms with E-state index >= 15 is 0 Å². The molecule has 5 heterocycles. The maximum Gasteiger partial charge on any atom is 0.494 e. The summed E-state index contributed by atoms with van der Waals surface area (Å²) in [4.78, 5) is 34.8. The third-order valence-corrected chi connectivity index (χ3v) is 9.09. The fourth-order valence-electron chi connectivity index (χ4n) is 5.82. The van der Waals surface area contributed by atoms with Gasteiger partial charge >= 0.3 is 18.4 Å². The molecule has 0 aliphatic carbocycles. The van der Waals surface area contributed by atoms with Gasteiger partial charge in [-0.2, -0.15) is 0 Å². The van der Waals surface area contributed by atoms with E-state index in [1.54, 1.807) is 76.2 Å². The van der Waals surface area contributed by atoms with Gasteiger partial charge in [0.15, 0.2) is 0 Å². The number of rotatable bonds is 7. The van der Waals surface area contributed by atoms with Crippen LogP contribution in [0.4, 0.5) is 0 Å². The summed E-state index contributed by atoms with van der Waals surface area (Å²) in [7, 11) is -1.18. The zero-order chi connectivity index (χ0) is 41.1. The molecule has 0 saturated carbocycles. The van der Waals surface area contributed by atoms with E-state index in [-0.39, 0.29) is 60.7 Å². The number of fused-ring (bicyclic) bond motifs is 6. The summed E-state index contributed by atoms with van der Waals surface area (Å²) in [5.74, 6) is 0. The first kappa shape index (κ1) is 23.3. The number of nitrogens with zero attached hydrogens (tertiary/aromatic N) is 2. The largest absolute Gasteiger partial charge is 0.494 e.